The van der Waals surface area contributed by atoms with E-state index in [1.165, 1.54) is 24.3 Å². The number of nitriles is 1. The summed E-state index contributed by atoms with van der Waals surface area (Å²) in [4.78, 5) is 26.3. The number of benzene rings is 1. The van der Waals surface area contributed by atoms with Crippen molar-refractivity contribution < 1.29 is 23.5 Å². The highest BCUT2D eigenvalue weighted by Gasteiger charge is 2.32. The first kappa shape index (κ1) is 24.5. The predicted molar refractivity (Wildman–Crippen MR) is 124 cm³/mol. The highest BCUT2D eigenvalue weighted by atomic mass is 19.1. The number of nitrogens with one attached hydrogen (secondary N) is 1. The van der Waals surface area contributed by atoms with Gasteiger partial charge in [-0.25, -0.2) is 9.18 Å². The van der Waals surface area contributed by atoms with Crippen LogP contribution in [0.15, 0.2) is 30.5 Å². The van der Waals surface area contributed by atoms with E-state index in [1.54, 1.807) is 15.8 Å². The largest absolute Gasteiger partial charge is 0.446 e. The van der Waals surface area contributed by atoms with Crippen molar-refractivity contribution in [3.05, 3.63) is 41.8 Å². The summed E-state index contributed by atoms with van der Waals surface area (Å²) in [6, 6.07) is 7.56. The molecule has 2 fully saturated rings. The molecular weight excluding hydrogens is 455 g/mol. The maximum absolute atomic E-state index is 13.2. The lowest BCUT2D eigenvalue weighted by Crippen LogP contribution is -2.42. The number of anilines is 2. The average Bonchev–Trinajstić information content (AvgIpc) is 3.28. The van der Waals surface area contributed by atoms with Crippen LogP contribution in [0.2, 0.25) is 0 Å². The summed E-state index contributed by atoms with van der Waals surface area (Å²) in [6.07, 6.45) is 4.07. The molecule has 3 heterocycles. The number of rotatable bonds is 7. The van der Waals surface area contributed by atoms with Gasteiger partial charge in [-0.15, -0.1) is 0 Å². The Bertz CT molecular complexity index is 1070. The quantitative estimate of drug-likeness (QED) is 0.615. The average molecular weight is 485 g/mol. The number of nitrogens with two attached hydrogens (primary N) is 1. The first-order valence-corrected chi connectivity index (χ1v) is 11.8. The molecule has 35 heavy (non-hydrogen) atoms. The van der Waals surface area contributed by atoms with Crippen molar-refractivity contribution in [1.29, 1.82) is 5.26 Å². The van der Waals surface area contributed by atoms with Crippen LogP contribution in [0.5, 0.6) is 0 Å². The number of nitrogens with zero attached hydrogens (tertiary/aromatic N) is 4. The summed E-state index contributed by atoms with van der Waals surface area (Å²) in [6.45, 7) is 2.23. The summed E-state index contributed by atoms with van der Waals surface area (Å²) < 4.78 is 25.8. The van der Waals surface area contributed by atoms with E-state index in [-0.39, 0.29) is 47.8 Å². The Labute approximate surface area is 202 Å². The van der Waals surface area contributed by atoms with Crippen LogP contribution in [0.1, 0.15) is 48.5 Å². The Morgan fingerprint density at radius 2 is 1.91 bits per heavy atom. The molecule has 0 saturated carbocycles. The zero-order chi connectivity index (χ0) is 24.8. The Hall–Kier alpha value is -3.65. The molecule has 0 bridgehead atoms. The monoisotopic (exact) mass is 484 g/mol. The fraction of sp³-hybridized carbons (Fsp3) is 0.500. The Balaban J connectivity index is 1.43. The van der Waals surface area contributed by atoms with Gasteiger partial charge in [0.25, 0.3) is 5.91 Å². The lowest BCUT2D eigenvalue weighted by molar-refractivity contribution is -0.0138. The molecule has 0 aliphatic carbocycles. The molecule has 0 spiro atoms. The molecule has 2 saturated heterocycles. The molecule has 1 aromatic carbocycles. The van der Waals surface area contributed by atoms with Crippen LogP contribution in [0, 0.1) is 23.1 Å². The van der Waals surface area contributed by atoms with Gasteiger partial charge in [-0.2, -0.15) is 10.4 Å². The molecule has 4 rings (SSSR count). The van der Waals surface area contributed by atoms with Crippen LogP contribution in [-0.4, -0.2) is 59.1 Å². The lowest BCUT2D eigenvalue weighted by atomic mass is 9.88. The van der Waals surface area contributed by atoms with Gasteiger partial charge in [0.15, 0.2) is 5.82 Å². The van der Waals surface area contributed by atoms with Crippen LogP contribution >= 0.6 is 0 Å². The molecule has 11 heteroatoms. The van der Waals surface area contributed by atoms with E-state index >= 15 is 0 Å². The number of hydrogen-bond acceptors (Lipinski definition) is 7. The topological polar surface area (TPSA) is 136 Å². The van der Waals surface area contributed by atoms with E-state index in [2.05, 4.69) is 16.5 Å². The van der Waals surface area contributed by atoms with Gasteiger partial charge in [0, 0.05) is 37.8 Å². The van der Waals surface area contributed by atoms with E-state index in [0.29, 0.717) is 57.7 Å². The van der Waals surface area contributed by atoms with Gasteiger partial charge in [-0.05, 0) is 43.0 Å². The van der Waals surface area contributed by atoms with E-state index in [0.717, 1.165) is 0 Å². The van der Waals surface area contributed by atoms with Gasteiger partial charge in [0.05, 0.1) is 31.7 Å². The smallest absolute Gasteiger partial charge is 0.410 e. The number of halogens is 1. The third kappa shape index (κ3) is 6.08. The van der Waals surface area contributed by atoms with Gasteiger partial charge in [0.2, 0.25) is 0 Å². The normalized spacial score (nSPS) is 18.0. The number of hydrogen-bond donors (Lipinski definition) is 2. The molecule has 1 aromatic heterocycles. The zero-order valence-electron chi connectivity index (χ0n) is 19.4. The van der Waals surface area contributed by atoms with Crippen molar-refractivity contribution in [2.24, 2.45) is 11.7 Å². The maximum atomic E-state index is 13.2. The number of primary amides is 1. The minimum atomic E-state index is -0.665. The second-order valence-electron chi connectivity index (χ2n) is 8.82. The minimum Gasteiger partial charge on any atom is -0.446 e. The standard InChI is InChI=1S/C24H29FN6O4/c25-17-1-3-18(4-2-17)28-23-20(22(27)32)15-31(29-23)21(5-10-26)16-6-11-30(12-7-16)24(33)35-19-8-13-34-14-9-19/h1-4,15-16,19,21H,5-9,11-14H2,(H2,27,32)(H,28,29)/t21-/m0/s1. The van der Waals surface area contributed by atoms with E-state index in [4.69, 9.17) is 15.2 Å². The highest BCUT2D eigenvalue weighted by Crippen LogP contribution is 2.33. The molecule has 10 nitrogen and oxygen atoms in total. The molecule has 1 atom stereocenters. The Morgan fingerprint density at radius 3 is 2.54 bits per heavy atom. The summed E-state index contributed by atoms with van der Waals surface area (Å²) in [5, 5.41) is 17.0. The van der Waals surface area contributed by atoms with Crippen molar-refractivity contribution in [2.75, 3.05) is 31.6 Å². The van der Waals surface area contributed by atoms with Crippen molar-refractivity contribution in [1.82, 2.24) is 14.7 Å². The fourth-order valence-electron chi connectivity index (χ4n) is 4.55. The highest BCUT2D eigenvalue weighted by molar-refractivity contribution is 5.98. The van der Waals surface area contributed by atoms with Gasteiger partial charge in [-0.3, -0.25) is 9.48 Å². The van der Waals surface area contributed by atoms with Crippen molar-refractivity contribution >= 4 is 23.5 Å². The molecule has 0 radical (unpaired) electrons. The molecule has 2 aliphatic heterocycles. The first-order chi connectivity index (χ1) is 16.9. The zero-order valence-corrected chi connectivity index (χ0v) is 19.4. The van der Waals surface area contributed by atoms with Gasteiger partial charge >= 0.3 is 6.09 Å². The third-order valence-corrected chi connectivity index (χ3v) is 6.52. The Morgan fingerprint density at radius 1 is 1.23 bits per heavy atom. The van der Waals surface area contributed by atoms with E-state index < -0.39 is 5.91 Å². The molecular formula is C24H29FN6O4. The van der Waals surface area contributed by atoms with Crippen LogP contribution in [0.4, 0.5) is 20.7 Å². The number of piperidine rings is 1. The lowest BCUT2D eigenvalue weighted by Gasteiger charge is -2.35. The SMILES string of the molecule is N#CC[C@@H](C1CCN(C(=O)OC2CCOCC2)CC1)n1cc(C(N)=O)c(Nc2ccc(F)cc2)n1. The van der Waals surface area contributed by atoms with Gasteiger partial charge in [-0.1, -0.05) is 0 Å². The van der Waals surface area contributed by atoms with Crippen molar-refractivity contribution in [3.8, 4) is 6.07 Å². The van der Waals surface area contributed by atoms with Crippen LogP contribution in [0.25, 0.3) is 0 Å². The fourth-order valence-corrected chi connectivity index (χ4v) is 4.55. The first-order valence-electron chi connectivity index (χ1n) is 11.8. The molecule has 0 unspecified atom stereocenters. The summed E-state index contributed by atoms with van der Waals surface area (Å²) in [7, 11) is 0. The summed E-state index contributed by atoms with van der Waals surface area (Å²) >= 11 is 0. The Kier molecular flexibility index (Phi) is 7.82. The summed E-state index contributed by atoms with van der Waals surface area (Å²) in [5.74, 6) is -0.735. The van der Waals surface area contributed by atoms with E-state index in [9.17, 15) is 19.2 Å². The minimum absolute atomic E-state index is 0.0704. The number of likely N-dealkylation sites (tertiary alicyclic amines) is 1. The number of aromatic nitrogens is 2. The molecule has 2 aliphatic rings. The third-order valence-electron chi connectivity index (χ3n) is 6.52. The maximum Gasteiger partial charge on any atom is 0.410 e. The van der Waals surface area contributed by atoms with Gasteiger partial charge < -0.3 is 25.4 Å². The number of ether oxygens (including phenoxy) is 2. The second-order valence-corrected chi connectivity index (χ2v) is 8.82. The molecule has 3 N–H and O–H groups in total. The molecule has 186 valence electrons. The predicted octanol–water partition coefficient (Wildman–Crippen LogP) is 3.35. The van der Waals surface area contributed by atoms with Crippen LogP contribution in [0.3, 0.4) is 0 Å². The molecule has 2 amide bonds. The van der Waals surface area contributed by atoms with Gasteiger partial charge in [0.1, 0.15) is 17.5 Å². The second kappa shape index (κ2) is 11.2. The molecule has 2 aromatic rings. The van der Waals surface area contributed by atoms with Crippen LogP contribution in [-0.2, 0) is 9.47 Å². The van der Waals surface area contributed by atoms with Crippen molar-refractivity contribution in [2.45, 2.75) is 44.2 Å². The van der Waals surface area contributed by atoms with Crippen molar-refractivity contribution in [3.63, 3.8) is 0 Å². The van der Waals surface area contributed by atoms with E-state index in [1.807, 2.05) is 0 Å². The van der Waals surface area contributed by atoms with Crippen LogP contribution < -0.4 is 11.1 Å². The number of amides is 2. The summed E-state index contributed by atoms with van der Waals surface area (Å²) in [5.41, 5.74) is 6.29. The number of carbonyl (C=O) groups is 2. The number of carbonyl (C=O) groups excluding carboxylic acids is 2.